The number of amides is 2. The zero-order valence-electron chi connectivity index (χ0n) is 15.1. The Bertz CT molecular complexity index is 737. The predicted molar refractivity (Wildman–Crippen MR) is 99.9 cm³/mol. The second-order valence-corrected chi connectivity index (χ2v) is 6.02. The summed E-state index contributed by atoms with van der Waals surface area (Å²) in [5.74, 6) is -0.452. The summed E-state index contributed by atoms with van der Waals surface area (Å²) >= 11 is 0. The van der Waals surface area contributed by atoms with E-state index in [1.165, 1.54) is 0 Å². The molecule has 0 aliphatic carbocycles. The predicted octanol–water partition coefficient (Wildman–Crippen LogP) is 3.90. The van der Waals surface area contributed by atoms with Crippen molar-refractivity contribution in [3.8, 4) is 0 Å². The average molecular weight is 339 g/mol. The largest absolute Gasteiger partial charge is 0.337 e. The lowest BCUT2D eigenvalue weighted by Gasteiger charge is -2.21. The molecule has 0 fully saturated rings. The highest BCUT2D eigenvalue weighted by Crippen LogP contribution is 2.12. The Morgan fingerprint density at radius 3 is 2.28 bits per heavy atom. The molecule has 0 spiro atoms. The lowest BCUT2D eigenvalue weighted by atomic mass is 10.2. The fourth-order valence-corrected chi connectivity index (χ4v) is 2.61. The molecule has 1 aromatic heterocycles. The van der Waals surface area contributed by atoms with Gasteiger partial charge in [-0.05, 0) is 49.6 Å². The number of benzene rings is 1. The van der Waals surface area contributed by atoms with Crippen molar-refractivity contribution >= 4 is 17.5 Å². The molecule has 0 saturated heterocycles. The Balaban J connectivity index is 2.16. The van der Waals surface area contributed by atoms with Crippen LogP contribution in [0, 0.1) is 6.92 Å². The number of hydrogen-bond acceptors (Lipinski definition) is 3. The topological polar surface area (TPSA) is 62.3 Å². The van der Waals surface area contributed by atoms with Crippen LogP contribution in [0.5, 0.6) is 0 Å². The molecule has 5 heteroatoms. The van der Waals surface area contributed by atoms with Gasteiger partial charge in [0.2, 0.25) is 0 Å². The van der Waals surface area contributed by atoms with Gasteiger partial charge < -0.3 is 10.2 Å². The molecule has 1 aromatic carbocycles. The first-order valence-electron chi connectivity index (χ1n) is 8.69. The molecule has 0 bridgehead atoms. The van der Waals surface area contributed by atoms with Gasteiger partial charge in [0.1, 0.15) is 11.4 Å². The standard InChI is InChI=1S/C20H25N3O2/c1-4-12-23(13-5-2)20(25)18-11-7-10-17(22-18)19(24)21-16-9-6-8-15(3)14-16/h6-11,14H,4-5,12-13H2,1-3H3,(H,21,24). The maximum atomic E-state index is 12.6. The highest BCUT2D eigenvalue weighted by molar-refractivity contribution is 6.03. The summed E-state index contributed by atoms with van der Waals surface area (Å²) in [4.78, 5) is 31.1. The molecule has 0 atom stereocenters. The van der Waals surface area contributed by atoms with E-state index in [4.69, 9.17) is 0 Å². The van der Waals surface area contributed by atoms with Crippen LogP contribution in [-0.2, 0) is 0 Å². The van der Waals surface area contributed by atoms with Crippen LogP contribution in [0.25, 0.3) is 0 Å². The van der Waals surface area contributed by atoms with Crippen molar-refractivity contribution in [1.82, 2.24) is 9.88 Å². The van der Waals surface area contributed by atoms with Gasteiger partial charge in [0.25, 0.3) is 11.8 Å². The maximum Gasteiger partial charge on any atom is 0.274 e. The molecule has 2 amide bonds. The summed E-state index contributed by atoms with van der Waals surface area (Å²) in [5.41, 5.74) is 2.31. The second-order valence-electron chi connectivity index (χ2n) is 6.02. The van der Waals surface area contributed by atoms with Crippen LogP contribution < -0.4 is 5.32 Å². The first-order chi connectivity index (χ1) is 12.0. The van der Waals surface area contributed by atoms with Crippen LogP contribution in [0.1, 0.15) is 53.2 Å². The summed E-state index contributed by atoms with van der Waals surface area (Å²) in [7, 11) is 0. The van der Waals surface area contributed by atoms with Crippen LogP contribution in [0.4, 0.5) is 5.69 Å². The monoisotopic (exact) mass is 339 g/mol. The first kappa shape index (κ1) is 18.6. The van der Waals surface area contributed by atoms with E-state index >= 15 is 0 Å². The summed E-state index contributed by atoms with van der Waals surface area (Å²) in [6.45, 7) is 7.41. The third kappa shape index (κ3) is 5.14. The number of aryl methyl sites for hydroxylation is 1. The summed E-state index contributed by atoms with van der Waals surface area (Å²) in [6.07, 6.45) is 1.78. The molecule has 1 heterocycles. The summed E-state index contributed by atoms with van der Waals surface area (Å²) in [6, 6.07) is 12.5. The molecule has 0 radical (unpaired) electrons. The fourth-order valence-electron chi connectivity index (χ4n) is 2.61. The van der Waals surface area contributed by atoms with E-state index in [2.05, 4.69) is 10.3 Å². The molecule has 1 N–H and O–H groups in total. The molecule has 2 aromatic rings. The van der Waals surface area contributed by atoms with E-state index < -0.39 is 0 Å². The minimum absolute atomic E-state index is 0.131. The highest BCUT2D eigenvalue weighted by Gasteiger charge is 2.17. The van der Waals surface area contributed by atoms with Crippen molar-refractivity contribution in [2.24, 2.45) is 0 Å². The fraction of sp³-hybridized carbons (Fsp3) is 0.350. The third-order valence-electron chi connectivity index (χ3n) is 3.75. The van der Waals surface area contributed by atoms with Crippen LogP contribution in [0.3, 0.4) is 0 Å². The van der Waals surface area contributed by atoms with Gasteiger partial charge >= 0.3 is 0 Å². The van der Waals surface area contributed by atoms with E-state index in [0.717, 1.165) is 18.4 Å². The molecule has 5 nitrogen and oxygen atoms in total. The van der Waals surface area contributed by atoms with Crippen LogP contribution >= 0.6 is 0 Å². The van der Waals surface area contributed by atoms with Gasteiger partial charge in [0, 0.05) is 18.8 Å². The Morgan fingerprint density at radius 2 is 1.64 bits per heavy atom. The first-order valence-corrected chi connectivity index (χ1v) is 8.69. The zero-order valence-corrected chi connectivity index (χ0v) is 15.1. The molecular formula is C20H25N3O2. The Labute approximate surface area is 149 Å². The number of pyridine rings is 1. The maximum absolute atomic E-state index is 12.6. The van der Waals surface area contributed by atoms with Crippen LogP contribution in [0.2, 0.25) is 0 Å². The molecule has 2 rings (SSSR count). The third-order valence-corrected chi connectivity index (χ3v) is 3.75. The van der Waals surface area contributed by atoms with E-state index in [9.17, 15) is 9.59 Å². The van der Waals surface area contributed by atoms with Gasteiger partial charge in [-0.1, -0.05) is 32.0 Å². The lowest BCUT2D eigenvalue weighted by molar-refractivity contribution is 0.0749. The van der Waals surface area contributed by atoms with Gasteiger partial charge in [0.15, 0.2) is 0 Å². The number of rotatable bonds is 7. The minimum atomic E-state index is -0.321. The van der Waals surface area contributed by atoms with Crippen molar-refractivity contribution < 1.29 is 9.59 Å². The number of carbonyl (C=O) groups is 2. The summed E-state index contributed by atoms with van der Waals surface area (Å²) < 4.78 is 0. The zero-order chi connectivity index (χ0) is 18.2. The van der Waals surface area contributed by atoms with Crippen molar-refractivity contribution in [2.75, 3.05) is 18.4 Å². The Hall–Kier alpha value is -2.69. The molecule has 0 unspecified atom stereocenters. The smallest absolute Gasteiger partial charge is 0.274 e. The normalized spacial score (nSPS) is 10.4. The van der Waals surface area contributed by atoms with Crippen molar-refractivity contribution in [3.05, 3.63) is 59.4 Å². The van der Waals surface area contributed by atoms with Gasteiger partial charge in [-0.2, -0.15) is 0 Å². The van der Waals surface area contributed by atoms with Gasteiger partial charge in [0.05, 0.1) is 0 Å². The number of anilines is 1. The van der Waals surface area contributed by atoms with Crippen molar-refractivity contribution in [3.63, 3.8) is 0 Å². The van der Waals surface area contributed by atoms with Crippen LogP contribution in [0.15, 0.2) is 42.5 Å². The molecule has 132 valence electrons. The Kier molecular flexibility index (Phi) is 6.69. The van der Waals surface area contributed by atoms with Crippen molar-refractivity contribution in [2.45, 2.75) is 33.6 Å². The number of carbonyl (C=O) groups excluding carboxylic acids is 2. The van der Waals surface area contributed by atoms with Crippen LogP contribution in [-0.4, -0.2) is 34.8 Å². The number of aromatic nitrogens is 1. The molecular weight excluding hydrogens is 314 g/mol. The van der Waals surface area contributed by atoms with E-state index in [-0.39, 0.29) is 17.5 Å². The van der Waals surface area contributed by atoms with Crippen molar-refractivity contribution in [1.29, 1.82) is 0 Å². The quantitative estimate of drug-likeness (QED) is 0.832. The SMILES string of the molecule is CCCN(CCC)C(=O)c1cccc(C(=O)Nc2cccc(C)c2)n1. The molecule has 0 aliphatic rings. The van der Waals surface area contributed by atoms with Gasteiger partial charge in [-0.15, -0.1) is 0 Å². The Morgan fingerprint density at radius 1 is 1.00 bits per heavy atom. The van der Waals surface area contributed by atoms with E-state index in [1.807, 2.05) is 45.0 Å². The molecule has 0 saturated carbocycles. The number of hydrogen-bond donors (Lipinski definition) is 1. The van der Waals surface area contributed by atoms with E-state index in [0.29, 0.717) is 24.5 Å². The molecule has 0 aliphatic heterocycles. The van der Waals surface area contributed by atoms with E-state index in [1.54, 1.807) is 23.1 Å². The highest BCUT2D eigenvalue weighted by atomic mass is 16.2. The number of nitrogens with one attached hydrogen (secondary N) is 1. The second kappa shape index (κ2) is 8.97. The number of nitrogens with zero attached hydrogens (tertiary/aromatic N) is 2. The minimum Gasteiger partial charge on any atom is -0.337 e. The molecule has 25 heavy (non-hydrogen) atoms. The van der Waals surface area contributed by atoms with Gasteiger partial charge in [-0.3, -0.25) is 9.59 Å². The lowest BCUT2D eigenvalue weighted by Crippen LogP contribution is -2.33. The average Bonchev–Trinajstić information content (AvgIpc) is 2.61. The summed E-state index contributed by atoms with van der Waals surface area (Å²) in [5, 5.41) is 2.82. The van der Waals surface area contributed by atoms with Gasteiger partial charge in [-0.25, -0.2) is 4.98 Å².